The fourth-order valence-electron chi connectivity index (χ4n) is 4.21. The molecule has 2 aliphatic rings. The van der Waals surface area contributed by atoms with Crippen molar-refractivity contribution < 1.29 is 43.0 Å². The van der Waals surface area contributed by atoms with E-state index in [9.17, 15) is 28.8 Å². The van der Waals surface area contributed by atoms with Crippen molar-refractivity contribution in [1.82, 2.24) is 15.5 Å². The van der Waals surface area contributed by atoms with Crippen LogP contribution in [0.3, 0.4) is 0 Å². The molecule has 218 valence electrons. The molecule has 1 saturated heterocycles. The maximum Gasteiger partial charge on any atom is 0.264 e. The summed E-state index contributed by atoms with van der Waals surface area (Å²) in [5.74, 6) is -2.76. The van der Waals surface area contributed by atoms with Crippen LogP contribution in [0.4, 0.5) is 5.69 Å². The molecule has 1 fully saturated rings. The van der Waals surface area contributed by atoms with Gasteiger partial charge in [0.25, 0.3) is 11.8 Å². The number of anilines is 1. The Labute approximate surface area is 231 Å². The monoisotopic (exact) mass is 561 g/mol. The highest BCUT2D eigenvalue weighted by Crippen LogP contribution is 2.32. The number of nitrogens with zero attached hydrogens (tertiary/aromatic N) is 1. The van der Waals surface area contributed by atoms with Gasteiger partial charge < -0.3 is 30.6 Å². The maximum atomic E-state index is 13.1. The van der Waals surface area contributed by atoms with Gasteiger partial charge in [0.2, 0.25) is 23.6 Å². The zero-order valence-corrected chi connectivity index (χ0v) is 22.2. The number of ether oxygens (including phenoxy) is 3. The topological polar surface area (TPSA) is 195 Å². The van der Waals surface area contributed by atoms with Gasteiger partial charge in [-0.05, 0) is 25.0 Å². The number of hydrogen-bond donors (Lipinski definition) is 4. The van der Waals surface area contributed by atoms with Crippen molar-refractivity contribution in [3.05, 3.63) is 29.3 Å². The van der Waals surface area contributed by atoms with Gasteiger partial charge in [0.1, 0.15) is 6.04 Å². The number of primary amides is 1. The fourth-order valence-corrected chi connectivity index (χ4v) is 4.21. The summed E-state index contributed by atoms with van der Waals surface area (Å²) < 4.78 is 16.3. The molecule has 2 aliphatic heterocycles. The van der Waals surface area contributed by atoms with Gasteiger partial charge in [-0.15, -0.1) is 0 Å². The second-order valence-corrected chi connectivity index (χ2v) is 9.11. The van der Waals surface area contributed by atoms with Gasteiger partial charge >= 0.3 is 0 Å². The first-order chi connectivity index (χ1) is 19.3. The quantitative estimate of drug-likeness (QED) is 0.132. The minimum absolute atomic E-state index is 0.0590. The van der Waals surface area contributed by atoms with E-state index in [0.717, 1.165) is 4.90 Å². The van der Waals surface area contributed by atoms with Crippen LogP contribution in [-0.4, -0.2) is 99.1 Å². The van der Waals surface area contributed by atoms with Gasteiger partial charge in [0.05, 0.1) is 50.8 Å². The van der Waals surface area contributed by atoms with Gasteiger partial charge in [-0.1, -0.05) is 6.07 Å². The summed E-state index contributed by atoms with van der Waals surface area (Å²) in [6.45, 7) is 2.70. The maximum absolute atomic E-state index is 13.1. The number of carbonyl (C=O) groups excluding carboxylic acids is 6. The van der Waals surface area contributed by atoms with Gasteiger partial charge in [0, 0.05) is 38.0 Å². The van der Waals surface area contributed by atoms with E-state index < -0.39 is 35.6 Å². The molecule has 0 aliphatic carbocycles. The number of rotatable bonds is 18. The third-order valence-electron chi connectivity index (χ3n) is 6.17. The molecule has 0 aromatic heterocycles. The third kappa shape index (κ3) is 8.83. The van der Waals surface area contributed by atoms with Crippen LogP contribution in [-0.2, 0) is 33.4 Å². The normalized spacial score (nSPS) is 16.6. The number of carbonyl (C=O) groups is 6. The predicted octanol–water partition coefficient (Wildman–Crippen LogP) is -0.679. The number of amides is 6. The highest BCUT2D eigenvalue weighted by atomic mass is 16.5. The summed E-state index contributed by atoms with van der Waals surface area (Å²) in [7, 11) is 0. The lowest BCUT2D eigenvalue weighted by Gasteiger charge is -2.27. The fraction of sp³-hybridized carbons (Fsp3) is 0.538. The minimum Gasteiger partial charge on any atom is -0.382 e. The van der Waals surface area contributed by atoms with Crippen molar-refractivity contribution in [2.24, 2.45) is 5.73 Å². The summed E-state index contributed by atoms with van der Waals surface area (Å²) >= 11 is 0. The largest absolute Gasteiger partial charge is 0.382 e. The molecule has 1 unspecified atom stereocenters. The Morgan fingerprint density at radius 1 is 0.925 bits per heavy atom. The van der Waals surface area contributed by atoms with E-state index in [1.165, 1.54) is 6.07 Å². The average molecular weight is 562 g/mol. The predicted molar refractivity (Wildman–Crippen MR) is 140 cm³/mol. The Hall–Kier alpha value is -3.88. The van der Waals surface area contributed by atoms with Gasteiger partial charge in [0.15, 0.2) is 0 Å². The van der Waals surface area contributed by atoms with E-state index in [-0.39, 0.29) is 49.3 Å². The Morgan fingerprint density at radius 3 is 2.33 bits per heavy atom. The second kappa shape index (κ2) is 15.6. The van der Waals surface area contributed by atoms with Crippen LogP contribution < -0.4 is 21.7 Å². The van der Waals surface area contributed by atoms with Gasteiger partial charge in [-0.2, -0.15) is 0 Å². The Bertz CT molecular complexity index is 1110. The number of nitrogens with one attached hydrogen (secondary N) is 3. The first kappa shape index (κ1) is 30.7. The molecule has 5 N–H and O–H groups in total. The van der Waals surface area contributed by atoms with Gasteiger partial charge in [-0.25, -0.2) is 0 Å². The van der Waals surface area contributed by atoms with E-state index in [1.807, 2.05) is 0 Å². The van der Waals surface area contributed by atoms with Crippen LogP contribution in [0.5, 0.6) is 0 Å². The molecular formula is C26H35N5O9. The third-order valence-corrected chi connectivity index (χ3v) is 6.17. The average Bonchev–Trinajstić information content (AvgIpc) is 3.17. The summed E-state index contributed by atoms with van der Waals surface area (Å²) in [6, 6.07) is 3.84. The SMILES string of the molecule is NC(=O)CCCNC(=O)CCOCCOCCOCCNc1cccc2c1C(=O)N(C1CCC(=O)NC1=O)C2=O. The summed E-state index contributed by atoms with van der Waals surface area (Å²) in [6.07, 6.45) is 1.11. The van der Waals surface area contributed by atoms with Crippen LogP contribution in [0, 0.1) is 0 Å². The molecular weight excluding hydrogens is 526 g/mol. The number of benzene rings is 1. The molecule has 40 heavy (non-hydrogen) atoms. The lowest BCUT2D eigenvalue weighted by atomic mass is 10.0. The molecule has 1 aromatic carbocycles. The molecule has 14 nitrogen and oxygen atoms in total. The smallest absolute Gasteiger partial charge is 0.264 e. The van der Waals surface area contributed by atoms with E-state index in [4.69, 9.17) is 19.9 Å². The van der Waals surface area contributed by atoms with Crippen molar-refractivity contribution in [2.75, 3.05) is 58.0 Å². The highest BCUT2D eigenvalue weighted by Gasteiger charge is 2.45. The minimum atomic E-state index is -1.02. The Kier molecular flexibility index (Phi) is 12.0. The molecule has 2 heterocycles. The van der Waals surface area contributed by atoms with Crippen LogP contribution in [0.25, 0.3) is 0 Å². The van der Waals surface area contributed by atoms with Gasteiger partial charge in [-0.3, -0.25) is 39.0 Å². The zero-order chi connectivity index (χ0) is 28.9. The van der Waals surface area contributed by atoms with Crippen LogP contribution in [0.1, 0.15) is 52.8 Å². The number of piperidine rings is 1. The molecule has 0 radical (unpaired) electrons. The molecule has 0 saturated carbocycles. The number of nitrogens with two attached hydrogens (primary N) is 1. The van der Waals surface area contributed by atoms with E-state index in [0.29, 0.717) is 58.2 Å². The standard InChI is InChI=1S/C26H35N5O9/c27-20(32)5-2-9-29-21(33)8-11-38-13-15-40-16-14-39-12-10-28-18-4-1-3-17-23(18)26(37)31(25(17)36)19-6-7-22(34)30-24(19)35/h1,3-4,19,28H,2,5-16H2,(H2,27,32)(H,29,33)(H,30,34,35). The lowest BCUT2D eigenvalue weighted by Crippen LogP contribution is -2.54. The van der Waals surface area contributed by atoms with Crippen molar-refractivity contribution in [1.29, 1.82) is 0 Å². The number of fused-ring (bicyclic) bond motifs is 1. The van der Waals surface area contributed by atoms with Crippen molar-refractivity contribution in [3.63, 3.8) is 0 Å². The lowest BCUT2D eigenvalue weighted by molar-refractivity contribution is -0.136. The van der Waals surface area contributed by atoms with Crippen molar-refractivity contribution >= 4 is 41.1 Å². The van der Waals surface area contributed by atoms with E-state index in [2.05, 4.69) is 16.0 Å². The molecule has 14 heteroatoms. The van der Waals surface area contributed by atoms with Crippen LogP contribution >= 0.6 is 0 Å². The number of imide groups is 2. The summed E-state index contributed by atoms with van der Waals surface area (Å²) in [5.41, 5.74) is 5.89. The second-order valence-electron chi connectivity index (χ2n) is 9.11. The molecule has 1 aromatic rings. The first-order valence-electron chi connectivity index (χ1n) is 13.2. The van der Waals surface area contributed by atoms with E-state index in [1.54, 1.807) is 12.1 Å². The highest BCUT2D eigenvalue weighted by molar-refractivity contribution is 6.25. The van der Waals surface area contributed by atoms with E-state index >= 15 is 0 Å². The van der Waals surface area contributed by atoms with Crippen molar-refractivity contribution in [3.8, 4) is 0 Å². The first-order valence-corrected chi connectivity index (χ1v) is 13.2. The molecule has 6 amide bonds. The molecule has 0 spiro atoms. The molecule has 0 bridgehead atoms. The van der Waals surface area contributed by atoms with Crippen LogP contribution in [0.2, 0.25) is 0 Å². The van der Waals surface area contributed by atoms with Crippen molar-refractivity contribution in [2.45, 2.75) is 38.1 Å². The number of hydrogen-bond acceptors (Lipinski definition) is 10. The Morgan fingerprint density at radius 2 is 1.62 bits per heavy atom. The molecule has 3 rings (SSSR count). The Balaban J connectivity index is 1.26. The zero-order valence-electron chi connectivity index (χ0n) is 22.2. The summed E-state index contributed by atoms with van der Waals surface area (Å²) in [5, 5.41) is 7.96. The molecule has 1 atom stereocenters. The summed E-state index contributed by atoms with van der Waals surface area (Å²) in [4.78, 5) is 72.8. The van der Waals surface area contributed by atoms with Crippen LogP contribution in [0.15, 0.2) is 18.2 Å².